The molecule has 1 atom stereocenters. The van der Waals surface area contributed by atoms with Gasteiger partial charge in [0.25, 0.3) is 0 Å². The molecular weight excluding hydrogens is 224 g/mol. The second kappa shape index (κ2) is 4.63. The maximum absolute atomic E-state index is 9.66. The molecule has 3 rings (SSSR count). The van der Waals surface area contributed by atoms with Crippen LogP contribution in [0.3, 0.4) is 0 Å². The van der Waals surface area contributed by atoms with E-state index < -0.39 is 0 Å². The Morgan fingerprint density at radius 2 is 1.72 bits per heavy atom. The SMILES string of the molecule is OC[C@H](c1ccccc1)n1cnc2ccccc21. The largest absolute Gasteiger partial charge is 0.394 e. The summed E-state index contributed by atoms with van der Waals surface area (Å²) in [4.78, 5) is 4.36. The predicted molar refractivity (Wildman–Crippen MR) is 71.4 cm³/mol. The summed E-state index contributed by atoms with van der Waals surface area (Å²) in [5.74, 6) is 0. The minimum absolute atomic E-state index is 0.0599. The Kier molecular flexibility index (Phi) is 2.82. The second-order valence-corrected chi connectivity index (χ2v) is 4.25. The summed E-state index contributed by atoms with van der Waals surface area (Å²) >= 11 is 0. The topological polar surface area (TPSA) is 38.0 Å². The lowest BCUT2D eigenvalue weighted by Gasteiger charge is -2.17. The molecule has 18 heavy (non-hydrogen) atoms. The van der Waals surface area contributed by atoms with E-state index in [9.17, 15) is 5.11 Å². The van der Waals surface area contributed by atoms with Crippen molar-refractivity contribution < 1.29 is 5.11 Å². The zero-order valence-electron chi connectivity index (χ0n) is 9.90. The van der Waals surface area contributed by atoms with Crippen LogP contribution in [-0.2, 0) is 0 Å². The molecule has 0 aliphatic rings. The molecule has 0 spiro atoms. The van der Waals surface area contributed by atoms with Crippen LogP contribution >= 0.6 is 0 Å². The molecule has 90 valence electrons. The van der Waals surface area contributed by atoms with E-state index in [0.29, 0.717) is 0 Å². The Balaban J connectivity index is 2.12. The summed E-state index contributed by atoms with van der Waals surface area (Å²) in [6.07, 6.45) is 1.79. The first kappa shape index (κ1) is 11.0. The van der Waals surface area contributed by atoms with E-state index in [4.69, 9.17) is 0 Å². The standard InChI is InChI=1S/C15H14N2O/c18-10-15(12-6-2-1-3-7-12)17-11-16-13-8-4-5-9-14(13)17/h1-9,11,15,18H,10H2/t15-/m1/s1. The van der Waals surface area contributed by atoms with Gasteiger partial charge in [-0.3, -0.25) is 0 Å². The summed E-state index contributed by atoms with van der Waals surface area (Å²) in [6.45, 7) is 0.0599. The number of nitrogens with zero attached hydrogens (tertiary/aromatic N) is 2. The van der Waals surface area contributed by atoms with Crippen LogP contribution in [-0.4, -0.2) is 21.3 Å². The van der Waals surface area contributed by atoms with Crippen LogP contribution in [0, 0.1) is 0 Å². The van der Waals surface area contributed by atoms with Gasteiger partial charge in [0.05, 0.1) is 30.0 Å². The summed E-state index contributed by atoms with van der Waals surface area (Å²) in [7, 11) is 0. The van der Waals surface area contributed by atoms with E-state index in [1.165, 1.54) is 0 Å². The molecule has 0 fully saturated rings. The molecule has 3 nitrogen and oxygen atoms in total. The number of benzene rings is 2. The van der Waals surface area contributed by atoms with Gasteiger partial charge in [0, 0.05) is 0 Å². The van der Waals surface area contributed by atoms with Gasteiger partial charge in [0.1, 0.15) is 0 Å². The quantitative estimate of drug-likeness (QED) is 0.761. The summed E-state index contributed by atoms with van der Waals surface area (Å²) in [6, 6.07) is 17.9. The van der Waals surface area contributed by atoms with E-state index in [1.807, 2.05) is 59.2 Å². The van der Waals surface area contributed by atoms with E-state index in [0.717, 1.165) is 16.6 Å². The van der Waals surface area contributed by atoms with Gasteiger partial charge < -0.3 is 9.67 Å². The lowest BCUT2D eigenvalue weighted by molar-refractivity contribution is 0.251. The monoisotopic (exact) mass is 238 g/mol. The maximum atomic E-state index is 9.66. The minimum Gasteiger partial charge on any atom is -0.394 e. The number of aliphatic hydroxyl groups excluding tert-OH is 1. The number of rotatable bonds is 3. The second-order valence-electron chi connectivity index (χ2n) is 4.25. The first-order valence-electron chi connectivity index (χ1n) is 5.97. The third-order valence-electron chi connectivity index (χ3n) is 3.17. The molecule has 0 saturated carbocycles. The normalized spacial score (nSPS) is 12.7. The fraction of sp³-hybridized carbons (Fsp3) is 0.133. The van der Waals surface area contributed by atoms with Gasteiger partial charge in [-0.05, 0) is 17.7 Å². The van der Waals surface area contributed by atoms with Gasteiger partial charge in [0.2, 0.25) is 0 Å². The van der Waals surface area contributed by atoms with Gasteiger partial charge in [-0.15, -0.1) is 0 Å². The minimum atomic E-state index is -0.0846. The Morgan fingerprint density at radius 3 is 2.50 bits per heavy atom. The Bertz CT molecular complexity index is 646. The number of aliphatic hydroxyl groups is 1. The van der Waals surface area contributed by atoms with Crippen LogP contribution < -0.4 is 0 Å². The summed E-state index contributed by atoms with van der Waals surface area (Å²) < 4.78 is 2.02. The van der Waals surface area contributed by atoms with Crippen molar-refractivity contribution in [1.82, 2.24) is 9.55 Å². The third-order valence-corrected chi connectivity index (χ3v) is 3.17. The zero-order chi connectivity index (χ0) is 12.4. The first-order valence-corrected chi connectivity index (χ1v) is 5.97. The van der Waals surface area contributed by atoms with Crippen LogP contribution in [0.1, 0.15) is 11.6 Å². The van der Waals surface area contributed by atoms with Crippen molar-refractivity contribution in [3.8, 4) is 0 Å². The first-order chi connectivity index (χ1) is 8.90. The molecule has 2 aromatic carbocycles. The molecule has 1 heterocycles. The summed E-state index contributed by atoms with van der Waals surface area (Å²) in [5.41, 5.74) is 3.08. The van der Waals surface area contributed by atoms with Crippen molar-refractivity contribution in [1.29, 1.82) is 0 Å². The highest BCUT2D eigenvalue weighted by Gasteiger charge is 2.14. The lowest BCUT2D eigenvalue weighted by atomic mass is 10.1. The van der Waals surface area contributed by atoms with Gasteiger partial charge >= 0.3 is 0 Å². The van der Waals surface area contributed by atoms with Crippen molar-refractivity contribution in [3.05, 3.63) is 66.5 Å². The maximum Gasteiger partial charge on any atom is 0.0964 e. The number of hydrogen-bond acceptors (Lipinski definition) is 2. The van der Waals surface area contributed by atoms with Gasteiger partial charge in [-0.2, -0.15) is 0 Å². The molecule has 0 aliphatic heterocycles. The molecule has 1 aromatic heterocycles. The van der Waals surface area contributed by atoms with Crippen molar-refractivity contribution >= 4 is 11.0 Å². The highest BCUT2D eigenvalue weighted by atomic mass is 16.3. The fourth-order valence-corrected chi connectivity index (χ4v) is 2.26. The van der Waals surface area contributed by atoms with Crippen molar-refractivity contribution in [2.45, 2.75) is 6.04 Å². The average Bonchev–Trinajstić information content (AvgIpc) is 2.85. The number of hydrogen-bond donors (Lipinski definition) is 1. The molecule has 0 amide bonds. The Hall–Kier alpha value is -2.13. The molecule has 3 heteroatoms. The molecule has 0 radical (unpaired) electrons. The van der Waals surface area contributed by atoms with Crippen molar-refractivity contribution in [3.63, 3.8) is 0 Å². The highest BCUT2D eigenvalue weighted by Crippen LogP contribution is 2.22. The lowest BCUT2D eigenvalue weighted by Crippen LogP contribution is -2.13. The fourth-order valence-electron chi connectivity index (χ4n) is 2.26. The van der Waals surface area contributed by atoms with Crippen LogP contribution in [0.15, 0.2) is 60.9 Å². The van der Waals surface area contributed by atoms with Crippen LogP contribution in [0.2, 0.25) is 0 Å². The molecule has 3 aromatic rings. The van der Waals surface area contributed by atoms with Gasteiger partial charge in [-0.1, -0.05) is 42.5 Å². The molecule has 0 saturated heterocycles. The number of fused-ring (bicyclic) bond motifs is 1. The van der Waals surface area contributed by atoms with Crippen LogP contribution in [0.4, 0.5) is 0 Å². The number of para-hydroxylation sites is 2. The summed E-state index contributed by atoms with van der Waals surface area (Å²) in [5, 5.41) is 9.66. The van der Waals surface area contributed by atoms with Crippen molar-refractivity contribution in [2.75, 3.05) is 6.61 Å². The molecule has 1 N–H and O–H groups in total. The highest BCUT2D eigenvalue weighted by molar-refractivity contribution is 5.75. The number of aromatic nitrogens is 2. The van der Waals surface area contributed by atoms with Crippen LogP contribution in [0.5, 0.6) is 0 Å². The smallest absolute Gasteiger partial charge is 0.0964 e. The third kappa shape index (κ3) is 1.79. The van der Waals surface area contributed by atoms with Gasteiger partial charge in [-0.25, -0.2) is 4.98 Å². The van der Waals surface area contributed by atoms with Crippen molar-refractivity contribution in [2.24, 2.45) is 0 Å². The van der Waals surface area contributed by atoms with E-state index in [1.54, 1.807) is 6.33 Å². The predicted octanol–water partition coefficient (Wildman–Crippen LogP) is 2.62. The van der Waals surface area contributed by atoms with Crippen LogP contribution in [0.25, 0.3) is 11.0 Å². The zero-order valence-corrected chi connectivity index (χ0v) is 9.90. The molecular formula is C15H14N2O. The number of imidazole rings is 1. The molecule has 0 unspecified atom stereocenters. The average molecular weight is 238 g/mol. The van der Waals surface area contributed by atoms with E-state index >= 15 is 0 Å². The van der Waals surface area contributed by atoms with Gasteiger partial charge in [0.15, 0.2) is 0 Å². The Labute approximate surface area is 105 Å². The molecule has 0 aliphatic carbocycles. The van der Waals surface area contributed by atoms with E-state index in [-0.39, 0.29) is 12.6 Å². The Morgan fingerprint density at radius 1 is 1.00 bits per heavy atom. The molecule has 0 bridgehead atoms. The van der Waals surface area contributed by atoms with E-state index in [2.05, 4.69) is 4.98 Å².